The molecule has 1 spiro atoms. The third kappa shape index (κ3) is 2.59. The highest BCUT2D eigenvalue weighted by Crippen LogP contribution is 2.57. The van der Waals surface area contributed by atoms with Gasteiger partial charge in [0.05, 0.1) is 23.6 Å². The second kappa shape index (κ2) is 7.16. The molecule has 0 saturated carbocycles. The number of fused-ring (bicyclic) bond motifs is 3. The Morgan fingerprint density at radius 3 is 1.97 bits per heavy atom. The molecule has 2 heterocycles. The van der Waals surface area contributed by atoms with Gasteiger partial charge in [0.1, 0.15) is 5.82 Å². The Kier molecular flexibility index (Phi) is 4.40. The van der Waals surface area contributed by atoms with Crippen LogP contribution in [-0.4, -0.2) is 29.0 Å². The first kappa shape index (κ1) is 20.9. The van der Waals surface area contributed by atoms with Crippen molar-refractivity contribution in [3.8, 4) is 0 Å². The van der Waals surface area contributed by atoms with E-state index in [9.17, 15) is 23.6 Å². The smallest absolute Gasteiger partial charge is 0.241 e. The predicted octanol–water partition coefficient (Wildman–Crippen LogP) is 4.17. The Bertz CT molecular complexity index is 1370. The van der Waals surface area contributed by atoms with Crippen molar-refractivity contribution in [2.45, 2.75) is 11.7 Å². The van der Waals surface area contributed by atoms with Crippen molar-refractivity contribution in [2.24, 2.45) is 11.8 Å². The molecular formula is C26H15ClFNO5. The minimum Gasteiger partial charge on any atom is -0.349 e. The molecule has 2 saturated heterocycles. The van der Waals surface area contributed by atoms with Crippen molar-refractivity contribution >= 4 is 40.7 Å². The summed E-state index contributed by atoms with van der Waals surface area (Å²) in [7, 11) is 0. The topological polar surface area (TPSA) is 80.8 Å². The Morgan fingerprint density at radius 1 is 0.794 bits per heavy atom. The SMILES string of the molecule is O=C1[C@@H]2[C@H](c3ccc(Cl)cc3)OC3(C(=O)c4ccccc4C3=O)[C@H]2C(=O)N1c1ccc(F)cc1. The van der Waals surface area contributed by atoms with Gasteiger partial charge in [-0.3, -0.25) is 19.2 Å². The van der Waals surface area contributed by atoms with E-state index in [1.165, 1.54) is 24.3 Å². The largest absolute Gasteiger partial charge is 0.349 e. The van der Waals surface area contributed by atoms with Gasteiger partial charge in [0.2, 0.25) is 29.0 Å². The molecule has 3 aromatic carbocycles. The van der Waals surface area contributed by atoms with E-state index >= 15 is 0 Å². The second-order valence-electron chi connectivity index (χ2n) is 8.52. The molecule has 2 amide bonds. The molecule has 3 atom stereocenters. The van der Waals surface area contributed by atoms with Gasteiger partial charge in [0.25, 0.3) is 0 Å². The molecule has 0 radical (unpaired) electrons. The summed E-state index contributed by atoms with van der Waals surface area (Å²) < 4.78 is 19.7. The first-order valence-electron chi connectivity index (χ1n) is 10.6. The number of carbonyl (C=O) groups is 4. The Balaban J connectivity index is 1.54. The monoisotopic (exact) mass is 475 g/mol. The third-order valence-electron chi connectivity index (χ3n) is 6.80. The van der Waals surface area contributed by atoms with E-state index in [0.717, 1.165) is 17.0 Å². The summed E-state index contributed by atoms with van der Waals surface area (Å²) in [6.45, 7) is 0. The summed E-state index contributed by atoms with van der Waals surface area (Å²) in [6, 6.07) is 17.6. The first-order chi connectivity index (χ1) is 16.3. The Labute approximate surface area is 197 Å². The molecule has 0 aromatic heterocycles. The molecule has 6 nitrogen and oxygen atoms in total. The second-order valence-corrected chi connectivity index (χ2v) is 8.96. The molecule has 6 rings (SSSR count). The number of carbonyl (C=O) groups excluding carboxylic acids is 4. The number of imide groups is 1. The highest BCUT2D eigenvalue weighted by molar-refractivity contribution is 6.37. The third-order valence-corrected chi connectivity index (χ3v) is 7.05. The van der Waals surface area contributed by atoms with Gasteiger partial charge in [0.15, 0.2) is 0 Å². The van der Waals surface area contributed by atoms with Gasteiger partial charge < -0.3 is 4.74 Å². The van der Waals surface area contributed by atoms with Crippen molar-refractivity contribution < 1.29 is 28.3 Å². The van der Waals surface area contributed by atoms with Crippen LogP contribution in [0.2, 0.25) is 5.02 Å². The van der Waals surface area contributed by atoms with E-state index in [-0.39, 0.29) is 16.8 Å². The zero-order valence-corrected chi connectivity index (χ0v) is 18.2. The van der Waals surface area contributed by atoms with E-state index in [1.807, 2.05) is 0 Å². The number of anilines is 1. The van der Waals surface area contributed by atoms with Crippen LogP contribution < -0.4 is 4.90 Å². The van der Waals surface area contributed by atoms with Crippen LogP contribution >= 0.6 is 11.6 Å². The first-order valence-corrected chi connectivity index (χ1v) is 11.0. The number of halogens is 2. The molecule has 3 aliphatic rings. The van der Waals surface area contributed by atoms with Crippen molar-refractivity contribution in [3.63, 3.8) is 0 Å². The van der Waals surface area contributed by atoms with Crippen LogP contribution in [0.25, 0.3) is 0 Å². The lowest BCUT2D eigenvalue weighted by Crippen LogP contribution is -2.51. The van der Waals surface area contributed by atoms with Crippen molar-refractivity contribution in [2.75, 3.05) is 4.90 Å². The van der Waals surface area contributed by atoms with Crippen LogP contribution in [0.3, 0.4) is 0 Å². The van der Waals surface area contributed by atoms with Crippen molar-refractivity contribution in [3.05, 3.63) is 100 Å². The van der Waals surface area contributed by atoms with Gasteiger partial charge in [-0.25, -0.2) is 9.29 Å². The number of benzene rings is 3. The maximum absolute atomic E-state index is 13.7. The van der Waals surface area contributed by atoms with E-state index < -0.39 is 52.7 Å². The average Bonchev–Trinajstić information content (AvgIpc) is 3.40. The summed E-state index contributed by atoms with van der Waals surface area (Å²) >= 11 is 6.02. The van der Waals surface area contributed by atoms with Gasteiger partial charge in [-0.15, -0.1) is 0 Å². The number of ether oxygens (including phenoxy) is 1. The fourth-order valence-corrected chi connectivity index (χ4v) is 5.44. The van der Waals surface area contributed by atoms with Crippen LogP contribution in [0.4, 0.5) is 10.1 Å². The maximum Gasteiger partial charge on any atom is 0.241 e. The summed E-state index contributed by atoms with van der Waals surface area (Å²) in [4.78, 5) is 55.6. The minimum atomic E-state index is -2.15. The van der Waals surface area contributed by atoms with Gasteiger partial charge in [-0.2, -0.15) is 0 Å². The quantitative estimate of drug-likeness (QED) is 0.410. The molecule has 3 aromatic rings. The highest BCUT2D eigenvalue weighted by atomic mass is 35.5. The molecule has 1 aliphatic carbocycles. The summed E-state index contributed by atoms with van der Waals surface area (Å²) in [5.41, 5.74) is -1.17. The van der Waals surface area contributed by atoms with Crippen LogP contribution in [0.5, 0.6) is 0 Å². The van der Waals surface area contributed by atoms with Crippen molar-refractivity contribution in [1.29, 1.82) is 0 Å². The number of amides is 2. The number of hydrogen-bond donors (Lipinski definition) is 0. The predicted molar refractivity (Wildman–Crippen MR) is 119 cm³/mol. The molecule has 34 heavy (non-hydrogen) atoms. The standard InChI is InChI=1S/C26H15ClFNO5/c27-14-7-5-13(6-8-14)21-19-20(25(33)29(24(19)32)16-11-9-15(28)10-12-16)26(34-21)22(30)17-3-1-2-4-18(17)23(26)31/h1-12,19-21H/t19-,20+,21-/m0/s1. The average molecular weight is 476 g/mol. The van der Waals surface area contributed by atoms with Crippen LogP contribution in [0, 0.1) is 17.7 Å². The number of nitrogens with zero attached hydrogens (tertiary/aromatic N) is 1. The number of rotatable bonds is 2. The van der Waals surface area contributed by atoms with Crippen molar-refractivity contribution in [1.82, 2.24) is 0 Å². The summed E-state index contributed by atoms with van der Waals surface area (Å²) in [5, 5.41) is 0.454. The molecule has 0 unspecified atom stereocenters. The van der Waals surface area contributed by atoms with Crippen LogP contribution in [0.1, 0.15) is 32.4 Å². The Morgan fingerprint density at radius 2 is 1.38 bits per heavy atom. The summed E-state index contributed by atoms with van der Waals surface area (Å²) in [6.07, 6.45) is -1.04. The van der Waals surface area contributed by atoms with E-state index in [2.05, 4.69) is 0 Å². The fraction of sp³-hybridized carbons (Fsp3) is 0.154. The van der Waals surface area contributed by atoms with Gasteiger partial charge in [-0.1, -0.05) is 48.0 Å². The van der Waals surface area contributed by atoms with E-state index in [4.69, 9.17) is 16.3 Å². The molecule has 2 fully saturated rings. The minimum absolute atomic E-state index is 0.156. The molecule has 8 heteroatoms. The maximum atomic E-state index is 13.7. The Hall–Kier alpha value is -3.68. The molecule has 0 bridgehead atoms. The zero-order valence-electron chi connectivity index (χ0n) is 17.4. The van der Waals surface area contributed by atoms with Gasteiger partial charge >= 0.3 is 0 Å². The normalized spacial score (nSPS) is 24.8. The fourth-order valence-electron chi connectivity index (χ4n) is 5.32. The zero-order chi connectivity index (χ0) is 23.8. The molecule has 0 N–H and O–H groups in total. The van der Waals surface area contributed by atoms with E-state index in [1.54, 1.807) is 36.4 Å². The number of hydrogen-bond acceptors (Lipinski definition) is 5. The lowest BCUT2D eigenvalue weighted by atomic mass is 9.77. The van der Waals surface area contributed by atoms with Gasteiger partial charge in [-0.05, 0) is 42.0 Å². The lowest BCUT2D eigenvalue weighted by molar-refractivity contribution is -0.127. The number of Topliss-reactive ketones (excluding diaryl/α,β-unsaturated/α-hetero) is 2. The van der Waals surface area contributed by atoms with E-state index in [0.29, 0.717) is 10.6 Å². The molecule has 2 aliphatic heterocycles. The molecular weight excluding hydrogens is 461 g/mol. The number of ketones is 2. The van der Waals surface area contributed by atoms with Gasteiger partial charge in [0, 0.05) is 16.1 Å². The molecule has 168 valence electrons. The lowest BCUT2D eigenvalue weighted by Gasteiger charge is -2.27. The van der Waals surface area contributed by atoms with Crippen LogP contribution in [-0.2, 0) is 14.3 Å². The highest BCUT2D eigenvalue weighted by Gasteiger charge is 2.74. The summed E-state index contributed by atoms with van der Waals surface area (Å²) in [5.74, 6) is -5.64. The van der Waals surface area contributed by atoms with Crippen LogP contribution in [0.15, 0.2) is 72.8 Å².